The highest BCUT2D eigenvalue weighted by Gasteiger charge is 2.31. The maximum Gasteiger partial charge on any atom is 0.573 e. The van der Waals surface area contributed by atoms with Crippen LogP contribution in [0.15, 0.2) is 91.0 Å². The number of nitrogens with zero attached hydrogens (tertiary/aromatic N) is 1. The summed E-state index contributed by atoms with van der Waals surface area (Å²) < 4.78 is 46.8. The minimum atomic E-state index is -4.79. The second kappa shape index (κ2) is 13.0. The Hall–Kier alpha value is -4.83. The minimum Gasteiger partial charge on any atom is -0.406 e. The van der Waals surface area contributed by atoms with Gasteiger partial charge in [-0.1, -0.05) is 30.3 Å². The van der Waals surface area contributed by atoms with Gasteiger partial charge in [0.15, 0.2) is 0 Å². The molecule has 0 radical (unpaired) electrons. The van der Waals surface area contributed by atoms with Crippen LogP contribution in [-0.4, -0.2) is 44.5 Å². The van der Waals surface area contributed by atoms with Crippen LogP contribution in [0.25, 0.3) is 11.1 Å². The van der Waals surface area contributed by atoms with Gasteiger partial charge in [-0.2, -0.15) is 0 Å². The average Bonchev–Trinajstić information content (AvgIpc) is 3.00. The quantitative estimate of drug-likeness (QED) is 0.243. The summed E-state index contributed by atoms with van der Waals surface area (Å²) in [6.45, 7) is 5.04. The molecule has 1 fully saturated rings. The zero-order chi connectivity index (χ0) is 30.4. The Morgan fingerprint density at radius 1 is 0.860 bits per heavy atom. The van der Waals surface area contributed by atoms with Crippen molar-refractivity contribution >= 4 is 23.2 Å². The third-order valence-electron chi connectivity index (χ3n) is 7.04. The molecule has 222 valence electrons. The number of alkyl halides is 3. The van der Waals surface area contributed by atoms with E-state index in [0.717, 1.165) is 35.5 Å². The van der Waals surface area contributed by atoms with Crippen molar-refractivity contribution in [3.63, 3.8) is 0 Å². The highest BCUT2D eigenvalue weighted by molar-refractivity contribution is 6.05. The first kappa shape index (κ1) is 29.7. The molecule has 2 N–H and O–H groups in total. The van der Waals surface area contributed by atoms with Crippen molar-refractivity contribution < 1.29 is 32.2 Å². The van der Waals surface area contributed by atoms with E-state index < -0.39 is 6.36 Å². The van der Waals surface area contributed by atoms with Gasteiger partial charge in [0.05, 0.1) is 13.2 Å². The molecule has 0 bridgehead atoms. The molecule has 2 amide bonds. The lowest BCUT2D eigenvalue weighted by atomic mass is 9.97. The number of hydrogen-bond acceptors (Lipinski definition) is 5. The van der Waals surface area contributed by atoms with Crippen molar-refractivity contribution in [2.24, 2.45) is 0 Å². The summed E-state index contributed by atoms with van der Waals surface area (Å²) in [6, 6.07) is 25.6. The number of morpholine rings is 1. The topological polar surface area (TPSA) is 79.9 Å². The summed E-state index contributed by atoms with van der Waals surface area (Å²) in [6.07, 6.45) is -4.79. The van der Waals surface area contributed by atoms with Gasteiger partial charge >= 0.3 is 6.36 Å². The number of benzene rings is 4. The van der Waals surface area contributed by atoms with E-state index >= 15 is 0 Å². The van der Waals surface area contributed by atoms with E-state index in [1.165, 1.54) is 18.2 Å². The molecule has 1 aliphatic heterocycles. The molecular weight excluding hydrogens is 559 g/mol. The van der Waals surface area contributed by atoms with Gasteiger partial charge in [0.2, 0.25) is 0 Å². The van der Waals surface area contributed by atoms with E-state index in [1.807, 2.05) is 43.3 Å². The number of carbonyl (C=O) groups is 2. The monoisotopic (exact) mass is 589 g/mol. The molecule has 0 aliphatic carbocycles. The van der Waals surface area contributed by atoms with Crippen molar-refractivity contribution in [2.75, 3.05) is 36.5 Å². The molecule has 0 unspecified atom stereocenters. The molecule has 0 spiro atoms. The van der Waals surface area contributed by atoms with Crippen LogP contribution in [0.4, 0.5) is 24.5 Å². The van der Waals surface area contributed by atoms with Gasteiger partial charge in [-0.05, 0) is 89.8 Å². The van der Waals surface area contributed by atoms with Gasteiger partial charge < -0.3 is 25.0 Å². The number of carbonyl (C=O) groups excluding carboxylic acids is 2. The van der Waals surface area contributed by atoms with E-state index in [-0.39, 0.29) is 24.1 Å². The number of ether oxygens (including phenoxy) is 2. The van der Waals surface area contributed by atoms with Crippen molar-refractivity contribution in [3.05, 3.63) is 113 Å². The van der Waals surface area contributed by atoms with Gasteiger partial charge in [0, 0.05) is 42.1 Å². The van der Waals surface area contributed by atoms with E-state index in [4.69, 9.17) is 4.74 Å². The van der Waals surface area contributed by atoms with Crippen LogP contribution in [0, 0.1) is 6.92 Å². The zero-order valence-corrected chi connectivity index (χ0v) is 23.4. The second-order valence-electron chi connectivity index (χ2n) is 10.1. The number of anilines is 2. The third kappa shape index (κ3) is 7.92. The Bertz CT molecular complexity index is 1580. The Balaban J connectivity index is 1.21. The van der Waals surface area contributed by atoms with Gasteiger partial charge in [-0.15, -0.1) is 13.2 Å². The van der Waals surface area contributed by atoms with E-state index in [1.54, 1.807) is 36.4 Å². The summed E-state index contributed by atoms with van der Waals surface area (Å²) in [7, 11) is 0. The molecule has 4 aromatic rings. The zero-order valence-electron chi connectivity index (χ0n) is 23.4. The van der Waals surface area contributed by atoms with Crippen molar-refractivity contribution in [2.45, 2.75) is 19.8 Å². The SMILES string of the molecule is Cc1ccc(C(=O)Nc2ccc(N3CCOCC3)cc2)cc1-c1ccc(C(=O)NCc2cccc(OC(F)(F)F)c2)cc1. The van der Waals surface area contributed by atoms with Crippen molar-refractivity contribution in [1.29, 1.82) is 0 Å². The van der Waals surface area contributed by atoms with Crippen LogP contribution in [-0.2, 0) is 11.3 Å². The largest absolute Gasteiger partial charge is 0.573 e. The highest BCUT2D eigenvalue weighted by atomic mass is 19.4. The molecular formula is C33H30F3N3O4. The van der Waals surface area contributed by atoms with Gasteiger partial charge in [0.1, 0.15) is 5.75 Å². The molecule has 43 heavy (non-hydrogen) atoms. The minimum absolute atomic E-state index is 0.0296. The summed E-state index contributed by atoms with van der Waals surface area (Å²) in [4.78, 5) is 28.0. The Labute approximate surface area is 247 Å². The first-order valence-electron chi connectivity index (χ1n) is 13.7. The highest BCUT2D eigenvalue weighted by Crippen LogP contribution is 2.27. The predicted molar refractivity (Wildman–Crippen MR) is 158 cm³/mol. The fraction of sp³-hybridized carbons (Fsp3) is 0.212. The lowest BCUT2D eigenvalue weighted by Gasteiger charge is -2.28. The van der Waals surface area contributed by atoms with Crippen LogP contribution in [0.2, 0.25) is 0 Å². The maximum absolute atomic E-state index is 13.1. The predicted octanol–water partition coefficient (Wildman–Crippen LogP) is 6.58. The van der Waals surface area contributed by atoms with E-state index in [9.17, 15) is 22.8 Å². The van der Waals surface area contributed by atoms with Gasteiger partial charge in [0.25, 0.3) is 11.8 Å². The van der Waals surface area contributed by atoms with Crippen LogP contribution in [0.1, 0.15) is 31.8 Å². The Kier molecular flexibility index (Phi) is 8.96. The van der Waals surface area contributed by atoms with Gasteiger partial charge in [-0.25, -0.2) is 0 Å². The molecule has 0 aromatic heterocycles. The van der Waals surface area contributed by atoms with Crippen LogP contribution >= 0.6 is 0 Å². The number of nitrogens with one attached hydrogen (secondary N) is 2. The molecule has 1 heterocycles. The van der Waals surface area contributed by atoms with Crippen LogP contribution in [0.5, 0.6) is 5.75 Å². The molecule has 0 atom stereocenters. The standard InChI is InChI=1S/C33H30F3N3O4/c1-22-5-6-26(32(41)38-27-11-13-28(14-12-27)39-15-17-42-18-16-39)20-30(22)24-7-9-25(10-8-24)31(40)37-21-23-3-2-4-29(19-23)43-33(34,35)36/h2-14,19-20H,15-18,21H2,1H3,(H,37,40)(H,38,41). The van der Waals surface area contributed by atoms with Crippen LogP contribution in [0.3, 0.4) is 0 Å². The molecule has 7 nitrogen and oxygen atoms in total. The van der Waals surface area contributed by atoms with Crippen molar-refractivity contribution in [1.82, 2.24) is 5.32 Å². The molecule has 1 aliphatic rings. The molecule has 1 saturated heterocycles. The maximum atomic E-state index is 13.1. The fourth-order valence-corrected chi connectivity index (χ4v) is 4.79. The second-order valence-corrected chi connectivity index (χ2v) is 10.1. The summed E-state index contributed by atoms with van der Waals surface area (Å²) in [5, 5.41) is 5.66. The van der Waals surface area contributed by atoms with Gasteiger partial charge in [-0.3, -0.25) is 9.59 Å². The molecule has 4 aromatic carbocycles. The lowest BCUT2D eigenvalue weighted by molar-refractivity contribution is -0.274. The van der Waals surface area contributed by atoms with Crippen LogP contribution < -0.4 is 20.3 Å². The summed E-state index contributed by atoms with van der Waals surface area (Å²) in [5.74, 6) is -0.962. The summed E-state index contributed by atoms with van der Waals surface area (Å²) >= 11 is 0. The molecule has 5 rings (SSSR count). The average molecular weight is 590 g/mol. The Morgan fingerprint density at radius 3 is 2.26 bits per heavy atom. The normalized spacial score (nSPS) is 13.3. The van der Waals surface area contributed by atoms with E-state index in [2.05, 4.69) is 20.3 Å². The number of halogens is 3. The lowest BCUT2D eigenvalue weighted by Crippen LogP contribution is -2.36. The Morgan fingerprint density at radius 2 is 1.56 bits per heavy atom. The molecule has 10 heteroatoms. The number of rotatable bonds is 8. The third-order valence-corrected chi connectivity index (χ3v) is 7.04. The number of aryl methyl sites for hydroxylation is 1. The molecule has 0 saturated carbocycles. The van der Waals surface area contributed by atoms with E-state index in [0.29, 0.717) is 35.6 Å². The number of amides is 2. The van der Waals surface area contributed by atoms with Crippen molar-refractivity contribution in [3.8, 4) is 16.9 Å². The first-order valence-corrected chi connectivity index (χ1v) is 13.7. The number of hydrogen-bond donors (Lipinski definition) is 2. The summed E-state index contributed by atoms with van der Waals surface area (Å²) in [5.41, 5.74) is 5.77. The fourth-order valence-electron chi connectivity index (χ4n) is 4.79. The first-order chi connectivity index (χ1) is 20.6. The smallest absolute Gasteiger partial charge is 0.406 e.